The van der Waals surface area contributed by atoms with E-state index in [1.807, 2.05) is 0 Å². The number of hydrogen-bond donors (Lipinski definition) is 2. The zero-order chi connectivity index (χ0) is 13.0. The summed E-state index contributed by atoms with van der Waals surface area (Å²) in [6.07, 6.45) is 8.35. The molecule has 1 aliphatic heterocycles. The second kappa shape index (κ2) is 6.02. The van der Waals surface area contributed by atoms with Gasteiger partial charge in [0.25, 0.3) is 0 Å². The molecule has 1 amide bonds. The van der Waals surface area contributed by atoms with Gasteiger partial charge in [0.2, 0.25) is 5.91 Å². The van der Waals surface area contributed by atoms with Crippen molar-refractivity contribution in [3.63, 3.8) is 0 Å². The van der Waals surface area contributed by atoms with Crippen molar-refractivity contribution in [1.82, 2.24) is 15.5 Å². The largest absolute Gasteiger partial charge is 0.353 e. The standard InChI is InChI=1S/C14H27N3O/c1-17(2)14(8-4-5-9-14)11-16-13(18)12-7-3-6-10-15-12/h12,15H,3-11H2,1-2H3,(H,16,18)/t12-/m1/s1. The Morgan fingerprint density at radius 2 is 2.00 bits per heavy atom. The molecule has 0 radical (unpaired) electrons. The summed E-state index contributed by atoms with van der Waals surface area (Å²) >= 11 is 0. The molecule has 4 nitrogen and oxygen atoms in total. The number of piperidine rings is 1. The molecule has 4 heteroatoms. The average molecular weight is 253 g/mol. The van der Waals surface area contributed by atoms with E-state index in [0.717, 1.165) is 19.5 Å². The zero-order valence-corrected chi connectivity index (χ0v) is 11.8. The molecule has 1 aliphatic carbocycles. The molecule has 104 valence electrons. The fourth-order valence-electron chi connectivity index (χ4n) is 3.27. The van der Waals surface area contributed by atoms with Crippen molar-refractivity contribution in [1.29, 1.82) is 0 Å². The minimum Gasteiger partial charge on any atom is -0.353 e. The number of amides is 1. The van der Waals surface area contributed by atoms with Crippen molar-refractivity contribution in [3.05, 3.63) is 0 Å². The van der Waals surface area contributed by atoms with Crippen LogP contribution < -0.4 is 10.6 Å². The SMILES string of the molecule is CN(C)C1(CNC(=O)[C@H]2CCCCN2)CCCC1. The summed E-state index contributed by atoms with van der Waals surface area (Å²) in [7, 11) is 4.27. The van der Waals surface area contributed by atoms with Crippen LogP contribution in [0.5, 0.6) is 0 Å². The molecule has 1 atom stereocenters. The Morgan fingerprint density at radius 1 is 1.28 bits per heavy atom. The predicted molar refractivity (Wildman–Crippen MR) is 73.5 cm³/mol. The molecule has 0 spiro atoms. The molecular weight excluding hydrogens is 226 g/mol. The monoisotopic (exact) mass is 253 g/mol. The zero-order valence-electron chi connectivity index (χ0n) is 11.8. The first kappa shape index (κ1) is 13.8. The lowest BCUT2D eigenvalue weighted by molar-refractivity contribution is -0.124. The fraction of sp³-hybridized carbons (Fsp3) is 0.929. The van der Waals surface area contributed by atoms with E-state index in [-0.39, 0.29) is 17.5 Å². The van der Waals surface area contributed by atoms with E-state index in [1.54, 1.807) is 0 Å². The normalized spacial score (nSPS) is 27.4. The average Bonchev–Trinajstić information content (AvgIpc) is 2.87. The van der Waals surface area contributed by atoms with Gasteiger partial charge in [-0.1, -0.05) is 19.3 Å². The van der Waals surface area contributed by atoms with Crippen molar-refractivity contribution < 1.29 is 4.79 Å². The second-order valence-corrected chi connectivity index (χ2v) is 6.05. The third-order valence-electron chi connectivity index (χ3n) is 4.70. The number of carbonyl (C=O) groups excluding carboxylic acids is 1. The third kappa shape index (κ3) is 3.04. The Bertz CT molecular complexity index is 279. The van der Waals surface area contributed by atoms with Crippen LogP contribution >= 0.6 is 0 Å². The van der Waals surface area contributed by atoms with E-state index in [2.05, 4.69) is 29.6 Å². The predicted octanol–water partition coefficient (Wildman–Crippen LogP) is 1.12. The van der Waals surface area contributed by atoms with Crippen molar-refractivity contribution in [3.8, 4) is 0 Å². The van der Waals surface area contributed by atoms with Gasteiger partial charge in [-0.2, -0.15) is 0 Å². The molecule has 0 unspecified atom stereocenters. The first-order valence-electron chi connectivity index (χ1n) is 7.33. The molecule has 18 heavy (non-hydrogen) atoms. The molecule has 2 rings (SSSR count). The van der Waals surface area contributed by atoms with Crippen LogP contribution in [0.3, 0.4) is 0 Å². The van der Waals surface area contributed by atoms with Gasteiger partial charge >= 0.3 is 0 Å². The lowest BCUT2D eigenvalue weighted by Crippen LogP contribution is -2.54. The van der Waals surface area contributed by atoms with Gasteiger partial charge in [-0.15, -0.1) is 0 Å². The maximum absolute atomic E-state index is 12.1. The summed E-state index contributed by atoms with van der Waals surface area (Å²) in [5.74, 6) is 0.197. The minimum absolute atomic E-state index is 0.0411. The van der Waals surface area contributed by atoms with Crippen LogP contribution in [0.15, 0.2) is 0 Å². The van der Waals surface area contributed by atoms with Gasteiger partial charge < -0.3 is 15.5 Å². The van der Waals surface area contributed by atoms with Crippen molar-refractivity contribution >= 4 is 5.91 Å². The molecule has 0 aromatic heterocycles. The first-order chi connectivity index (χ1) is 8.64. The molecule has 0 bridgehead atoms. The van der Waals surface area contributed by atoms with Gasteiger partial charge in [-0.3, -0.25) is 4.79 Å². The minimum atomic E-state index is 0.0411. The van der Waals surface area contributed by atoms with Gasteiger partial charge in [0.15, 0.2) is 0 Å². The van der Waals surface area contributed by atoms with Crippen molar-refractivity contribution in [2.24, 2.45) is 0 Å². The van der Waals surface area contributed by atoms with E-state index in [1.165, 1.54) is 38.5 Å². The Balaban J connectivity index is 1.83. The van der Waals surface area contributed by atoms with E-state index in [4.69, 9.17) is 0 Å². The van der Waals surface area contributed by atoms with E-state index in [0.29, 0.717) is 0 Å². The Hall–Kier alpha value is -0.610. The van der Waals surface area contributed by atoms with Gasteiger partial charge in [0, 0.05) is 12.1 Å². The molecule has 0 aromatic rings. The summed E-state index contributed by atoms with van der Waals surface area (Å²) in [6, 6.07) is 0.0411. The Morgan fingerprint density at radius 3 is 2.56 bits per heavy atom. The first-order valence-corrected chi connectivity index (χ1v) is 7.33. The third-order valence-corrected chi connectivity index (χ3v) is 4.70. The fourth-order valence-corrected chi connectivity index (χ4v) is 3.27. The van der Waals surface area contributed by atoms with Crippen LogP contribution in [0.1, 0.15) is 44.9 Å². The number of nitrogens with one attached hydrogen (secondary N) is 2. The van der Waals surface area contributed by atoms with Gasteiger partial charge in [-0.05, 0) is 46.3 Å². The highest BCUT2D eigenvalue weighted by atomic mass is 16.2. The molecule has 1 saturated heterocycles. The molecular formula is C14H27N3O. The quantitative estimate of drug-likeness (QED) is 0.789. The van der Waals surface area contributed by atoms with E-state index < -0.39 is 0 Å². The lowest BCUT2D eigenvalue weighted by atomic mass is 9.95. The van der Waals surface area contributed by atoms with Crippen LogP contribution in [-0.4, -0.2) is 49.6 Å². The van der Waals surface area contributed by atoms with Crippen LogP contribution in [0.4, 0.5) is 0 Å². The molecule has 2 N–H and O–H groups in total. The Kier molecular flexibility index (Phi) is 4.62. The smallest absolute Gasteiger partial charge is 0.237 e. The summed E-state index contributed by atoms with van der Waals surface area (Å²) in [5, 5.41) is 6.48. The number of likely N-dealkylation sites (N-methyl/N-ethyl adjacent to an activating group) is 1. The molecule has 0 aromatic carbocycles. The maximum Gasteiger partial charge on any atom is 0.237 e. The number of hydrogen-bond acceptors (Lipinski definition) is 3. The molecule has 1 heterocycles. The van der Waals surface area contributed by atoms with E-state index >= 15 is 0 Å². The number of nitrogens with zero attached hydrogens (tertiary/aromatic N) is 1. The number of rotatable bonds is 4. The summed E-state index contributed by atoms with van der Waals surface area (Å²) in [5.41, 5.74) is 0.199. The highest BCUT2D eigenvalue weighted by Crippen LogP contribution is 2.33. The van der Waals surface area contributed by atoms with Gasteiger partial charge in [-0.25, -0.2) is 0 Å². The van der Waals surface area contributed by atoms with Crippen molar-refractivity contribution in [2.75, 3.05) is 27.2 Å². The lowest BCUT2D eigenvalue weighted by Gasteiger charge is -2.37. The van der Waals surface area contributed by atoms with Crippen LogP contribution in [-0.2, 0) is 4.79 Å². The van der Waals surface area contributed by atoms with E-state index in [9.17, 15) is 4.79 Å². The molecule has 2 fully saturated rings. The van der Waals surface area contributed by atoms with Crippen LogP contribution in [0.2, 0.25) is 0 Å². The van der Waals surface area contributed by atoms with Crippen LogP contribution in [0, 0.1) is 0 Å². The maximum atomic E-state index is 12.1. The summed E-state index contributed by atoms with van der Waals surface area (Å²) in [4.78, 5) is 14.4. The molecule has 1 saturated carbocycles. The van der Waals surface area contributed by atoms with Crippen LogP contribution in [0.25, 0.3) is 0 Å². The Labute approximate surface area is 110 Å². The topological polar surface area (TPSA) is 44.4 Å². The van der Waals surface area contributed by atoms with Gasteiger partial charge in [0.1, 0.15) is 0 Å². The summed E-state index contributed by atoms with van der Waals surface area (Å²) < 4.78 is 0. The second-order valence-electron chi connectivity index (χ2n) is 6.05. The molecule has 2 aliphatic rings. The van der Waals surface area contributed by atoms with Gasteiger partial charge in [0.05, 0.1) is 6.04 Å². The highest BCUT2D eigenvalue weighted by Gasteiger charge is 2.36. The number of carbonyl (C=O) groups is 1. The highest BCUT2D eigenvalue weighted by molar-refractivity contribution is 5.81. The van der Waals surface area contributed by atoms with Crippen molar-refractivity contribution in [2.45, 2.75) is 56.5 Å². The summed E-state index contributed by atoms with van der Waals surface area (Å²) in [6.45, 7) is 1.79.